The monoisotopic (exact) mass is 331 g/mol. The van der Waals surface area contributed by atoms with Crippen molar-refractivity contribution in [3.8, 4) is 11.1 Å². The summed E-state index contributed by atoms with van der Waals surface area (Å²) in [6, 6.07) is 12.1. The third kappa shape index (κ3) is 2.23. The molecule has 4 nitrogen and oxygen atoms in total. The van der Waals surface area contributed by atoms with Gasteiger partial charge in [0.1, 0.15) is 4.60 Å². The third-order valence-corrected chi connectivity index (χ3v) is 3.65. The van der Waals surface area contributed by atoms with Crippen molar-refractivity contribution in [2.45, 2.75) is 13.5 Å². The maximum absolute atomic E-state index is 5.27. The van der Waals surface area contributed by atoms with E-state index < -0.39 is 0 Å². The van der Waals surface area contributed by atoms with Crippen molar-refractivity contribution in [3.63, 3.8) is 0 Å². The molecule has 0 aliphatic heterocycles. The van der Waals surface area contributed by atoms with Crippen LogP contribution in [0.15, 0.2) is 41.0 Å². The summed E-state index contributed by atoms with van der Waals surface area (Å²) in [5, 5.41) is 4.60. The molecule has 0 aliphatic rings. The SMILES string of the molecule is COCc1nn2c(Br)cc(C)nc2c1-c1ccccc1. The van der Waals surface area contributed by atoms with Gasteiger partial charge in [-0.2, -0.15) is 5.10 Å². The molecule has 0 radical (unpaired) electrons. The molecule has 0 fully saturated rings. The highest BCUT2D eigenvalue weighted by atomic mass is 79.9. The van der Waals surface area contributed by atoms with Gasteiger partial charge in [-0.3, -0.25) is 0 Å². The standard InChI is InChI=1S/C15H14BrN3O/c1-10-8-13(16)19-15(17-10)14(12(18-19)9-20-2)11-6-4-3-5-7-11/h3-8H,9H2,1-2H3. The molecular weight excluding hydrogens is 318 g/mol. The second-order valence-corrected chi connectivity index (χ2v) is 5.39. The van der Waals surface area contributed by atoms with E-state index in [1.807, 2.05) is 35.7 Å². The zero-order chi connectivity index (χ0) is 14.1. The quantitative estimate of drug-likeness (QED) is 0.688. The number of aromatic nitrogens is 3. The fraction of sp³-hybridized carbons (Fsp3) is 0.200. The molecule has 0 saturated heterocycles. The number of hydrogen-bond acceptors (Lipinski definition) is 3. The Kier molecular flexibility index (Phi) is 3.54. The molecule has 1 aromatic carbocycles. The lowest BCUT2D eigenvalue weighted by molar-refractivity contribution is 0.181. The van der Waals surface area contributed by atoms with E-state index in [1.165, 1.54) is 0 Å². The molecule has 3 aromatic rings. The summed E-state index contributed by atoms with van der Waals surface area (Å²) in [7, 11) is 1.67. The predicted octanol–water partition coefficient (Wildman–Crippen LogP) is 3.61. The van der Waals surface area contributed by atoms with Crippen molar-refractivity contribution in [2.24, 2.45) is 0 Å². The third-order valence-electron chi connectivity index (χ3n) is 3.09. The van der Waals surface area contributed by atoms with Crippen LogP contribution in [0.5, 0.6) is 0 Å². The van der Waals surface area contributed by atoms with Gasteiger partial charge in [-0.15, -0.1) is 0 Å². The van der Waals surface area contributed by atoms with Crippen molar-refractivity contribution in [1.82, 2.24) is 14.6 Å². The lowest BCUT2D eigenvalue weighted by atomic mass is 10.1. The van der Waals surface area contributed by atoms with Crippen LogP contribution in [0.1, 0.15) is 11.4 Å². The molecule has 0 bridgehead atoms. The summed E-state index contributed by atoms with van der Waals surface area (Å²) in [4.78, 5) is 4.63. The second kappa shape index (κ2) is 5.34. The van der Waals surface area contributed by atoms with E-state index in [4.69, 9.17) is 4.74 Å². The minimum Gasteiger partial charge on any atom is -0.378 e. The lowest BCUT2D eigenvalue weighted by Gasteiger charge is -2.03. The smallest absolute Gasteiger partial charge is 0.164 e. The summed E-state index contributed by atoms with van der Waals surface area (Å²) in [5.74, 6) is 0. The van der Waals surface area contributed by atoms with Crippen molar-refractivity contribution in [1.29, 1.82) is 0 Å². The topological polar surface area (TPSA) is 39.4 Å². The Labute approximate surface area is 125 Å². The molecular formula is C15H14BrN3O. The van der Waals surface area contributed by atoms with Gasteiger partial charge < -0.3 is 4.74 Å². The van der Waals surface area contributed by atoms with Crippen LogP contribution in [0.2, 0.25) is 0 Å². The van der Waals surface area contributed by atoms with Gasteiger partial charge in [0.15, 0.2) is 5.65 Å². The fourth-order valence-corrected chi connectivity index (χ4v) is 2.85. The van der Waals surface area contributed by atoms with Crippen LogP contribution in [-0.2, 0) is 11.3 Å². The average molecular weight is 332 g/mol. The minimum absolute atomic E-state index is 0.457. The number of fused-ring (bicyclic) bond motifs is 1. The molecule has 0 spiro atoms. The molecule has 0 saturated carbocycles. The molecule has 2 heterocycles. The first-order valence-corrected chi connectivity index (χ1v) is 7.09. The van der Waals surface area contributed by atoms with Crippen LogP contribution in [0, 0.1) is 6.92 Å². The Hall–Kier alpha value is -1.72. The number of benzene rings is 1. The second-order valence-electron chi connectivity index (χ2n) is 4.58. The van der Waals surface area contributed by atoms with Crippen molar-refractivity contribution in [3.05, 3.63) is 52.4 Å². The van der Waals surface area contributed by atoms with Crippen molar-refractivity contribution in [2.75, 3.05) is 7.11 Å². The molecule has 2 aromatic heterocycles. The number of hydrogen-bond donors (Lipinski definition) is 0. The highest BCUT2D eigenvalue weighted by Crippen LogP contribution is 2.29. The van der Waals surface area contributed by atoms with Crippen LogP contribution in [-0.4, -0.2) is 21.7 Å². The van der Waals surface area contributed by atoms with Crippen LogP contribution in [0.3, 0.4) is 0 Å². The van der Waals surface area contributed by atoms with Crippen LogP contribution in [0.4, 0.5) is 0 Å². The minimum atomic E-state index is 0.457. The molecule has 20 heavy (non-hydrogen) atoms. The van der Waals surface area contributed by atoms with E-state index >= 15 is 0 Å². The highest BCUT2D eigenvalue weighted by molar-refractivity contribution is 9.10. The van der Waals surface area contributed by atoms with Gasteiger partial charge in [0.05, 0.1) is 17.9 Å². The zero-order valence-electron chi connectivity index (χ0n) is 11.3. The summed E-state index contributed by atoms with van der Waals surface area (Å²) in [6.45, 7) is 2.43. The summed E-state index contributed by atoms with van der Waals surface area (Å²) in [5.41, 5.74) is 4.80. The Morgan fingerprint density at radius 2 is 2.00 bits per heavy atom. The van der Waals surface area contributed by atoms with E-state index in [9.17, 15) is 0 Å². The predicted molar refractivity (Wildman–Crippen MR) is 81.6 cm³/mol. The van der Waals surface area contributed by atoms with Crippen molar-refractivity contribution < 1.29 is 4.74 Å². The van der Waals surface area contributed by atoms with Gasteiger partial charge in [-0.25, -0.2) is 9.50 Å². The van der Waals surface area contributed by atoms with Gasteiger partial charge in [-0.1, -0.05) is 30.3 Å². The number of nitrogens with zero attached hydrogens (tertiary/aromatic N) is 3. The number of halogens is 1. The van der Waals surface area contributed by atoms with E-state index in [2.05, 4.69) is 38.1 Å². The summed E-state index contributed by atoms with van der Waals surface area (Å²) >= 11 is 3.54. The summed E-state index contributed by atoms with van der Waals surface area (Å²) < 4.78 is 7.97. The van der Waals surface area contributed by atoms with Gasteiger partial charge in [0, 0.05) is 12.8 Å². The van der Waals surface area contributed by atoms with E-state index in [-0.39, 0.29) is 0 Å². The lowest BCUT2D eigenvalue weighted by Crippen LogP contribution is -1.95. The maximum atomic E-state index is 5.27. The van der Waals surface area contributed by atoms with Crippen LogP contribution in [0.25, 0.3) is 16.8 Å². The number of ether oxygens (including phenoxy) is 1. The molecule has 102 valence electrons. The summed E-state index contributed by atoms with van der Waals surface area (Å²) in [6.07, 6.45) is 0. The average Bonchev–Trinajstić information content (AvgIpc) is 2.79. The highest BCUT2D eigenvalue weighted by Gasteiger charge is 2.17. The van der Waals surface area contributed by atoms with E-state index in [0.717, 1.165) is 32.8 Å². The first kappa shape index (κ1) is 13.3. The Morgan fingerprint density at radius 1 is 1.25 bits per heavy atom. The Balaban J connectivity index is 2.35. The van der Waals surface area contributed by atoms with Crippen LogP contribution >= 0.6 is 15.9 Å². The molecule has 0 atom stereocenters. The number of aryl methyl sites for hydroxylation is 1. The van der Waals surface area contributed by atoms with Gasteiger partial charge in [0.2, 0.25) is 0 Å². The Morgan fingerprint density at radius 3 is 2.70 bits per heavy atom. The fourth-order valence-electron chi connectivity index (χ4n) is 2.28. The van der Waals surface area contributed by atoms with Gasteiger partial charge >= 0.3 is 0 Å². The molecule has 3 rings (SSSR count). The number of methoxy groups -OCH3 is 1. The van der Waals surface area contributed by atoms with E-state index in [0.29, 0.717) is 6.61 Å². The molecule has 0 amide bonds. The van der Waals surface area contributed by atoms with Gasteiger partial charge in [0.25, 0.3) is 0 Å². The number of rotatable bonds is 3. The molecule has 5 heteroatoms. The zero-order valence-corrected chi connectivity index (χ0v) is 12.9. The van der Waals surface area contributed by atoms with Gasteiger partial charge in [-0.05, 0) is 34.5 Å². The molecule has 0 unspecified atom stereocenters. The van der Waals surface area contributed by atoms with Crippen molar-refractivity contribution >= 4 is 21.6 Å². The van der Waals surface area contributed by atoms with E-state index in [1.54, 1.807) is 7.11 Å². The largest absolute Gasteiger partial charge is 0.378 e. The normalized spacial score (nSPS) is 11.2. The first-order valence-electron chi connectivity index (χ1n) is 6.30. The molecule has 0 N–H and O–H groups in total. The maximum Gasteiger partial charge on any atom is 0.164 e. The first-order chi connectivity index (χ1) is 9.70. The Bertz CT molecular complexity index is 753. The van der Waals surface area contributed by atoms with Crippen LogP contribution < -0.4 is 0 Å². The molecule has 0 aliphatic carbocycles.